The molecule has 0 aromatic heterocycles. The van der Waals surface area contributed by atoms with Gasteiger partial charge in [-0.2, -0.15) is 0 Å². The maximum atomic E-state index is 5.69. The molecule has 0 spiro atoms. The molecule has 4 heteroatoms. The van der Waals surface area contributed by atoms with E-state index in [9.17, 15) is 0 Å². The van der Waals surface area contributed by atoms with Crippen LogP contribution in [0.2, 0.25) is 0 Å². The molecule has 1 rings (SSSR count). The van der Waals surface area contributed by atoms with Crippen LogP contribution in [-0.2, 0) is 11.2 Å². The minimum atomic E-state index is 0.528. The molecule has 0 radical (unpaired) electrons. The monoisotopic (exact) mass is 280 g/mol. The fourth-order valence-electron chi connectivity index (χ4n) is 1.71. The van der Waals surface area contributed by atoms with Gasteiger partial charge in [-0.3, -0.25) is 0 Å². The van der Waals surface area contributed by atoms with E-state index in [2.05, 4.69) is 20.7 Å². The first kappa shape index (κ1) is 16.5. The Kier molecular flexibility index (Phi) is 7.77. The lowest BCUT2D eigenvalue weighted by atomic mass is 10.1. The van der Waals surface area contributed by atoms with Gasteiger partial charge in [0.15, 0.2) is 11.5 Å². The highest BCUT2D eigenvalue weighted by Gasteiger charge is 2.05. The second-order valence-corrected chi connectivity index (χ2v) is 4.90. The van der Waals surface area contributed by atoms with Gasteiger partial charge in [0.2, 0.25) is 0 Å². The van der Waals surface area contributed by atoms with E-state index in [-0.39, 0.29) is 0 Å². The van der Waals surface area contributed by atoms with E-state index in [0.29, 0.717) is 13.2 Å². The van der Waals surface area contributed by atoms with Gasteiger partial charge in [-0.05, 0) is 24.1 Å². The van der Waals surface area contributed by atoms with E-state index >= 15 is 0 Å². The molecule has 1 N–H and O–H groups in total. The zero-order valence-electron chi connectivity index (χ0n) is 12.8. The zero-order chi connectivity index (χ0) is 14.8. The Morgan fingerprint density at radius 2 is 1.95 bits per heavy atom. The molecule has 0 unspecified atom stereocenters. The molecule has 0 saturated carbocycles. The van der Waals surface area contributed by atoms with Gasteiger partial charge < -0.3 is 19.1 Å². The second kappa shape index (κ2) is 9.39. The highest BCUT2D eigenvalue weighted by Crippen LogP contribution is 2.28. The van der Waals surface area contributed by atoms with Gasteiger partial charge in [0.05, 0.1) is 34.4 Å². The molecule has 0 aliphatic carbocycles. The van der Waals surface area contributed by atoms with Crippen LogP contribution >= 0.6 is 0 Å². The smallest absolute Gasteiger partial charge is 0.161 e. The van der Waals surface area contributed by atoms with Crippen molar-refractivity contribution in [1.29, 1.82) is 0 Å². The third kappa shape index (κ3) is 6.08. The van der Waals surface area contributed by atoms with Crippen molar-refractivity contribution in [3.05, 3.63) is 36.4 Å². The van der Waals surface area contributed by atoms with Crippen LogP contribution in [0.4, 0.5) is 0 Å². The van der Waals surface area contributed by atoms with Gasteiger partial charge in [-0.15, -0.1) is 6.58 Å². The number of hydrogen-bond donors (Lipinski definition) is 1. The van der Waals surface area contributed by atoms with Crippen molar-refractivity contribution in [3.8, 4) is 11.5 Å². The van der Waals surface area contributed by atoms with Crippen molar-refractivity contribution in [2.24, 2.45) is 0 Å². The number of benzene rings is 1. The number of hydrogen-bond acceptors (Lipinski definition) is 3. The number of quaternary nitrogens is 1. The number of allylic oxidation sites excluding steroid dienone is 1. The van der Waals surface area contributed by atoms with Gasteiger partial charge in [0, 0.05) is 0 Å². The minimum absolute atomic E-state index is 0.528. The molecule has 4 nitrogen and oxygen atoms in total. The van der Waals surface area contributed by atoms with Gasteiger partial charge >= 0.3 is 0 Å². The average Bonchev–Trinajstić information content (AvgIpc) is 2.43. The van der Waals surface area contributed by atoms with Crippen LogP contribution < -0.4 is 14.4 Å². The Morgan fingerprint density at radius 3 is 2.60 bits per heavy atom. The summed E-state index contributed by atoms with van der Waals surface area (Å²) in [5.41, 5.74) is 1.16. The van der Waals surface area contributed by atoms with Crippen LogP contribution in [0.25, 0.3) is 0 Å². The molecule has 0 fully saturated rings. The topological polar surface area (TPSA) is 32.1 Å². The van der Waals surface area contributed by atoms with E-state index in [0.717, 1.165) is 36.6 Å². The Morgan fingerprint density at radius 1 is 1.15 bits per heavy atom. The molecular formula is C16H26NO3+. The Labute approximate surface area is 121 Å². The summed E-state index contributed by atoms with van der Waals surface area (Å²) >= 11 is 0. The summed E-state index contributed by atoms with van der Waals surface area (Å²) in [5.74, 6) is 1.50. The van der Waals surface area contributed by atoms with Crippen molar-refractivity contribution in [2.75, 3.05) is 47.6 Å². The fourth-order valence-corrected chi connectivity index (χ4v) is 1.71. The van der Waals surface area contributed by atoms with Gasteiger partial charge in [-0.1, -0.05) is 12.1 Å². The lowest BCUT2D eigenvalue weighted by Crippen LogP contribution is -3.06. The quantitative estimate of drug-likeness (QED) is 0.512. The maximum absolute atomic E-state index is 5.69. The van der Waals surface area contributed by atoms with Gasteiger partial charge in [0.25, 0.3) is 0 Å². The molecule has 20 heavy (non-hydrogen) atoms. The molecule has 0 heterocycles. The largest absolute Gasteiger partial charge is 0.493 e. The lowest BCUT2D eigenvalue weighted by Gasteiger charge is -2.12. The molecule has 0 aliphatic rings. The molecule has 1 aromatic rings. The van der Waals surface area contributed by atoms with Crippen LogP contribution in [0.3, 0.4) is 0 Å². The van der Waals surface area contributed by atoms with Gasteiger partial charge in [0.1, 0.15) is 13.2 Å². The summed E-state index contributed by atoms with van der Waals surface area (Å²) in [6.45, 7) is 6.60. The highest BCUT2D eigenvalue weighted by molar-refractivity contribution is 5.43. The third-order valence-electron chi connectivity index (χ3n) is 2.84. The molecule has 0 amide bonds. The second-order valence-electron chi connectivity index (χ2n) is 4.90. The standard InChI is InChI=1S/C16H25NO3/c1-5-6-14-7-8-15(16(13-14)18-4)20-12-11-19-10-9-17(2)3/h5,7-8,13H,1,6,9-12H2,2-4H3/p+1. The average molecular weight is 280 g/mol. The number of ether oxygens (including phenoxy) is 3. The van der Waals surface area contributed by atoms with Gasteiger partial charge in [-0.25, -0.2) is 0 Å². The summed E-state index contributed by atoms with van der Waals surface area (Å²) in [5, 5.41) is 0. The molecule has 0 aliphatic heterocycles. The van der Waals surface area contributed by atoms with Crippen LogP contribution in [-0.4, -0.2) is 47.6 Å². The van der Waals surface area contributed by atoms with E-state index in [4.69, 9.17) is 14.2 Å². The van der Waals surface area contributed by atoms with Crippen molar-refractivity contribution >= 4 is 0 Å². The number of rotatable bonds is 10. The molecule has 112 valence electrons. The first-order valence-electron chi connectivity index (χ1n) is 6.94. The summed E-state index contributed by atoms with van der Waals surface area (Å²) in [6, 6.07) is 5.94. The molecule has 0 bridgehead atoms. The molecule has 0 atom stereocenters. The Balaban J connectivity index is 2.37. The zero-order valence-corrected chi connectivity index (χ0v) is 12.8. The lowest BCUT2D eigenvalue weighted by molar-refractivity contribution is -0.858. The predicted molar refractivity (Wildman–Crippen MR) is 80.9 cm³/mol. The molecular weight excluding hydrogens is 254 g/mol. The summed E-state index contributed by atoms with van der Waals surface area (Å²) in [4.78, 5) is 1.38. The fraction of sp³-hybridized carbons (Fsp3) is 0.500. The third-order valence-corrected chi connectivity index (χ3v) is 2.84. The predicted octanol–water partition coefficient (Wildman–Crippen LogP) is 0.964. The Bertz CT molecular complexity index is 405. The van der Waals surface area contributed by atoms with Crippen LogP contribution in [0, 0.1) is 0 Å². The maximum Gasteiger partial charge on any atom is 0.161 e. The number of likely N-dealkylation sites (N-methyl/N-ethyl adjacent to an activating group) is 1. The van der Waals surface area contributed by atoms with E-state index in [1.807, 2.05) is 24.3 Å². The molecule has 1 aromatic carbocycles. The summed E-state index contributed by atoms with van der Waals surface area (Å²) in [6.07, 6.45) is 2.70. The minimum Gasteiger partial charge on any atom is -0.493 e. The normalized spacial score (nSPS) is 10.6. The van der Waals surface area contributed by atoms with Crippen LogP contribution in [0.5, 0.6) is 11.5 Å². The van der Waals surface area contributed by atoms with Crippen LogP contribution in [0.1, 0.15) is 5.56 Å². The van der Waals surface area contributed by atoms with Crippen molar-refractivity contribution in [2.45, 2.75) is 6.42 Å². The first-order valence-corrected chi connectivity index (χ1v) is 6.94. The molecule has 0 saturated heterocycles. The summed E-state index contributed by atoms with van der Waals surface area (Å²) < 4.78 is 16.5. The van der Waals surface area contributed by atoms with Crippen LogP contribution in [0.15, 0.2) is 30.9 Å². The van der Waals surface area contributed by atoms with Crippen molar-refractivity contribution in [3.63, 3.8) is 0 Å². The van der Waals surface area contributed by atoms with Crippen molar-refractivity contribution < 1.29 is 19.1 Å². The van der Waals surface area contributed by atoms with E-state index in [1.165, 1.54) is 4.90 Å². The van der Waals surface area contributed by atoms with Crippen molar-refractivity contribution in [1.82, 2.24) is 0 Å². The van der Waals surface area contributed by atoms with E-state index < -0.39 is 0 Å². The first-order chi connectivity index (χ1) is 9.67. The SMILES string of the molecule is C=CCc1ccc(OCCOCC[NH+](C)C)c(OC)c1. The Hall–Kier alpha value is -1.52. The summed E-state index contributed by atoms with van der Waals surface area (Å²) in [7, 11) is 5.86. The highest BCUT2D eigenvalue weighted by atomic mass is 16.5. The van der Waals surface area contributed by atoms with E-state index in [1.54, 1.807) is 7.11 Å². The number of methoxy groups -OCH3 is 1. The number of nitrogens with one attached hydrogen (secondary N) is 1.